The van der Waals surface area contributed by atoms with Gasteiger partial charge in [-0.3, -0.25) is 0 Å². The van der Waals surface area contributed by atoms with Gasteiger partial charge in [-0.1, -0.05) is 91.3 Å². The lowest BCUT2D eigenvalue weighted by Crippen LogP contribution is -2.25. The lowest BCUT2D eigenvalue weighted by atomic mass is 9.72. The van der Waals surface area contributed by atoms with Crippen LogP contribution in [-0.2, 0) is 10.8 Å². The first kappa shape index (κ1) is 32.9. The molecule has 0 saturated carbocycles. The molecule has 240 valence electrons. The van der Waals surface area contributed by atoms with Gasteiger partial charge in [0.1, 0.15) is 44.9 Å². The van der Waals surface area contributed by atoms with Crippen LogP contribution in [-0.4, -0.2) is 40.2 Å². The van der Waals surface area contributed by atoms with Crippen molar-refractivity contribution >= 4 is 33.7 Å². The third kappa shape index (κ3) is 7.18. The number of hydrogen-bond acceptors (Lipinski definition) is 6. The molecule has 2 aromatic heterocycles. The summed E-state index contributed by atoms with van der Waals surface area (Å²) in [5.41, 5.74) is 7.42. The number of rotatable bonds is 4. The summed E-state index contributed by atoms with van der Waals surface area (Å²) in [6.07, 6.45) is 1.04. The fourth-order valence-electron chi connectivity index (χ4n) is 5.98. The number of nitrogens with zero attached hydrogens (tertiary/aromatic N) is 6. The minimum Gasteiger partial charge on any atom is -0.506 e. The third-order valence-corrected chi connectivity index (χ3v) is 8.07. The molecule has 0 aliphatic rings. The second-order valence-corrected chi connectivity index (χ2v) is 15.3. The van der Waals surface area contributed by atoms with Gasteiger partial charge >= 0.3 is 0 Å². The quantitative estimate of drug-likeness (QED) is 0.200. The highest BCUT2D eigenvalue weighted by Gasteiger charge is 2.28. The van der Waals surface area contributed by atoms with Crippen molar-refractivity contribution in [3.8, 4) is 22.9 Å². The van der Waals surface area contributed by atoms with Gasteiger partial charge in [-0.25, -0.2) is 0 Å². The van der Waals surface area contributed by atoms with Gasteiger partial charge in [0.25, 0.3) is 0 Å². The van der Waals surface area contributed by atoms with E-state index < -0.39 is 0 Å². The van der Waals surface area contributed by atoms with Gasteiger partial charge in [-0.15, -0.1) is 30.0 Å². The van der Waals surface area contributed by atoms with Crippen LogP contribution in [0.5, 0.6) is 11.5 Å². The number of aromatic nitrogens is 6. The fourth-order valence-corrected chi connectivity index (χ4v) is 6.15. The molecule has 46 heavy (non-hydrogen) atoms. The van der Waals surface area contributed by atoms with Crippen molar-refractivity contribution < 1.29 is 10.2 Å². The summed E-state index contributed by atoms with van der Waals surface area (Å²) in [4.78, 5) is 3.00. The zero-order valence-electron chi connectivity index (χ0n) is 28.1. The van der Waals surface area contributed by atoms with Crippen LogP contribution in [0.25, 0.3) is 33.4 Å². The van der Waals surface area contributed by atoms with Crippen LogP contribution in [0.4, 0.5) is 0 Å². The number of hydrogen-bond donors (Lipinski definition) is 2. The molecular formula is C37H43ClN6O2. The monoisotopic (exact) mass is 638 g/mol. The Morgan fingerprint density at radius 1 is 0.652 bits per heavy atom. The van der Waals surface area contributed by atoms with E-state index in [-0.39, 0.29) is 27.7 Å². The maximum absolute atomic E-state index is 10.7. The Bertz CT molecular complexity index is 2000. The van der Waals surface area contributed by atoms with E-state index in [1.165, 1.54) is 15.2 Å². The molecule has 0 spiro atoms. The summed E-state index contributed by atoms with van der Waals surface area (Å²) >= 11 is 5.99. The molecular weight excluding hydrogens is 596 g/mol. The summed E-state index contributed by atoms with van der Waals surface area (Å²) in [6, 6.07) is 22.7. The van der Waals surface area contributed by atoms with Crippen molar-refractivity contribution in [3.63, 3.8) is 0 Å². The molecule has 4 aromatic carbocycles. The maximum Gasteiger partial charge on any atom is 0.146 e. The molecule has 0 radical (unpaired) electrons. The molecule has 0 bridgehead atoms. The number of aromatic hydroxyl groups is 2. The van der Waals surface area contributed by atoms with Gasteiger partial charge in [0.15, 0.2) is 0 Å². The van der Waals surface area contributed by atoms with Crippen LogP contribution in [0, 0.1) is 12.3 Å². The maximum atomic E-state index is 10.7. The van der Waals surface area contributed by atoms with Crippen LogP contribution in [0.1, 0.15) is 78.5 Å². The average molecular weight is 639 g/mol. The van der Waals surface area contributed by atoms with Crippen LogP contribution >= 0.6 is 11.6 Å². The van der Waals surface area contributed by atoms with Crippen molar-refractivity contribution in [2.24, 2.45) is 5.41 Å². The first-order valence-electron chi connectivity index (χ1n) is 15.4. The summed E-state index contributed by atoms with van der Waals surface area (Å²) in [6.45, 7) is 19.4. The van der Waals surface area contributed by atoms with E-state index in [1.54, 1.807) is 18.2 Å². The summed E-state index contributed by atoms with van der Waals surface area (Å²) in [5.74, 6) is 0.398. The molecule has 0 aliphatic carbocycles. The lowest BCUT2D eigenvalue weighted by Gasteiger charge is -2.33. The van der Waals surface area contributed by atoms with E-state index in [4.69, 9.17) is 11.6 Å². The molecule has 8 nitrogen and oxygen atoms in total. The summed E-state index contributed by atoms with van der Waals surface area (Å²) in [5, 5.41) is 39.4. The van der Waals surface area contributed by atoms with E-state index >= 15 is 0 Å². The molecule has 0 fully saturated rings. The zero-order valence-corrected chi connectivity index (χ0v) is 28.8. The molecule has 0 unspecified atom stereocenters. The van der Waals surface area contributed by atoms with Gasteiger partial charge in [-0.2, -0.15) is 0 Å². The predicted octanol–water partition coefficient (Wildman–Crippen LogP) is 9.23. The van der Waals surface area contributed by atoms with Crippen LogP contribution in [0.15, 0.2) is 72.8 Å². The van der Waals surface area contributed by atoms with Crippen molar-refractivity contribution in [2.75, 3.05) is 0 Å². The zero-order chi connectivity index (χ0) is 33.6. The fraction of sp³-hybridized carbons (Fsp3) is 0.351. The number of phenolic OH excluding ortho intramolecular Hbond substituents is 2. The van der Waals surface area contributed by atoms with Crippen LogP contribution < -0.4 is 0 Å². The lowest BCUT2D eigenvalue weighted by molar-refractivity contribution is 0.284. The topological polar surface area (TPSA) is 102 Å². The van der Waals surface area contributed by atoms with E-state index in [9.17, 15) is 10.2 Å². The van der Waals surface area contributed by atoms with Gasteiger partial charge in [0.2, 0.25) is 0 Å². The minimum atomic E-state index is -0.166. The average Bonchev–Trinajstić information content (AvgIpc) is 3.56. The molecule has 0 atom stereocenters. The minimum absolute atomic E-state index is 0.00667. The third-order valence-electron chi connectivity index (χ3n) is 7.83. The Balaban J connectivity index is 0.000000182. The van der Waals surface area contributed by atoms with Crippen molar-refractivity contribution in [1.29, 1.82) is 0 Å². The number of phenols is 2. The molecule has 6 rings (SSSR count). The van der Waals surface area contributed by atoms with Crippen LogP contribution in [0.3, 0.4) is 0 Å². The molecule has 9 heteroatoms. The number of fused-ring (bicyclic) bond motifs is 2. The molecule has 0 aliphatic heterocycles. The first-order valence-corrected chi connectivity index (χ1v) is 15.8. The van der Waals surface area contributed by atoms with Crippen molar-refractivity contribution in [2.45, 2.75) is 79.6 Å². The Morgan fingerprint density at radius 2 is 1.22 bits per heavy atom. The van der Waals surface area contributed by atoms with Gasteiger partial charge in [-0.05, 0) is 89.2 Å². The molecule has 0 saturated heterocycles. The molecule has 0 amide bonds. The van der Waals surface area contributed by atoms with E-state index in [2.05, 4.69) is 75.8 Å². The van der Waals surface area contributed by atoms with Gasteiger partial charge in [0, 0.05) is 10.6 Å². The highest BCUT2D eigenvalue weighted by Crippen LogP contribution is 2.39. The number of aryl methyl sites for hydroxylation is 1. The second kappa shape index (κ2) is 12.1. The number of benzene rings is 4. The van der Waals surface area contributed by atoms with E-state index in [0.717, 1.165) is 34.1 Å². The van der Waals surface area contributed by atoms with Gasteiger partial charge < -0.3 is 10.2 Å². The van der Waals surface area contributed by atoms with Crippen molar-refractivity contribution in [1.82, 2.24) is 30.0 Å². The molecule has 2 N–H and O–H groups in total. The first-order chi connectivity index (χ1) is 21.4. The Kier molecular flexibility index (Phi) is 8.64. The molecule has 6 aromatic rings. The van der Waals surface area contributed by atoms with E-state index in [0.29, 0.717) is 21.9 Å². The van der Waals surface area contributed by atoms with Crippen LogP contribution in [0.2, 0.25) is 5.02 Å². The van der Waals surface area contributed by atoms with E-state index in [1.807, 2.05) is 61.5 Å². The Hall–Kier alpha value is -4.43. The smallest absolute Gasteiger partial charge is 0.146 e. The number of halogens is 1. The SMILES string of the molecule is CC(C)(C)CC(C)(C)c1ccc(O)c(-n2nc3ccccc3n2)c1.Cc1cc(-n2nc3ccc(Cl)cc3n2)c(O)c(C(C)(C)C)c1. The standard InChI is InChI=1S/C20H25N3O.C17H18ClN3O/c1-19(2,3)13-20(4,5)14-10-11-18(24)17(12-14)23-21-15-8-6-7-9-16(15)22-23;1-10-7-12(17(2,3)4)16(22)15(8-10)21-19-13-6-5-11(18)9-14(13)20-21/h6-12,24H,13H2,1-5H3;5-9,22H,1-4H3. The summed E-state index contributed by atoms with van der Waals surface area (Å²) < 4.78 is 0. The highest BCUT2D eigenvalue weighted by molar-refractivity contribution is 6.31. The molecule has 2 heterocycles. The predicted molar refractivity (Wildman–Crippen MR) is 187 cm³/mol. The van der Waals surface area contributed by atoms with Crippen molar-refractivity contribution in [3.05, 3.63) is 94.5 Å². The summed E-state index contributed by atoms with van der Waals surface area (Å²) in [7, 11) is 0. The normalized spacial score (nSPS) is 12.4. The Labute approximate surface area is 275 Å². The Morgan fingerprint density at radius 3 is 1.80 bits per heavy atom. The highest BCUT2D eigenvalue weighted by atomic mass is 35.5. The second-order valence-electron chi connectivity index (χ2n) is 14.9. The van der Waals surface area contributed by atoms with Gasteiger partial charge in [0.05, 0.1) is 0 Å². The largest absolute Gasteiger partial charge is 0.506 e.